The minimum absolute atomic E-state index is 0.105. The molecule has 40 heavy (non-hydrogen) atoms. The van der Waals surface area contributed by atoms with Gasteiger partial charge in [0, 0.05) is 34.1 Å². The number of halogens is 1. The van der Waals surface area contributed by atoms with Crippen molar-refractivity contribution in [2.45, 2.75) is 0 Å². The van der Waals surface area contributed by atoms with Crippen molar-refractivity contribution in [3.8, 4) is 39.4 Å². The van der Waals surface area contributed by atoms with Crippen molar-refractivity contribution in [3.05, 3.63) is 84.9 Å². The second-order valence-electron chi connectivity index (χ2n) is 9.91. The van der Waals surface area contributed by atoms with E-state index < -0.39 is 0 Å². The van der Waals surface area contributed by atoms with Crippen molar-refractivity contribution in [3.63, 3.8) is 0 Å². The third-order valence-corrected chi connectivity index (χ3v) is 6.72. The summed E-state index contributed by atoms with van der Waals surface area (Å²) in [5.74, 6) is -0.000405. The first-order chi connectivity index (χ1) is 19.4. The number of benzene rings is 3. The Morgan fingerprint density at radius 2 is 1.82 bits per heavy atom. The van der Waals surface area contributed by atoms with E-state index in [1.807, 2.05) is 67.5 Å². The smallest absolute Gasteiger partial charge is 0.238 e. The maximum Gasteiger partial charge on any atom is 0.238 e. The molecule has 0 spiro atoms. The van der Waals surface area contributed by atoms with Crippen LogP contribution in [0.15, 0.2) is 79.1 Å². The number of aromatic nitrogens is 4. The molecular formula is C31H27FN6O2. The zero-order chi connectivity index (χ0) is 27.8. The Morgan fingerprint density at radius 3 is 2.65 bits per heavy atom. The summed E-state index contributed by atoms with van der Waals surface area (Å²) in [6.07, 6.45) is 3.40. The highest BCUT2D eigenvalue weighted by atomic mass is 19.1. The van der Waals surface area contributed by atoms with Crippen LogP contribution in [0.1, 0.15) is 0 Å². The molecule has 0 bridgehead atoms. The van der Waals surface area contributed by atoms with Crippen LogP contribution in [0.2, 0.25) is 0 Å². The molecule has 0 atom stereocenters. The van der Waals surface area contributed by atoms with Crippen LogP contribution in [-0.4, -0.2) is 58.7 Å². The zero-order valence-corrected chi connectivity index (χ0v) is 22.2. The van der Waals surface area contributed by atoms with Gasteiger partial charge in [-0.15, -0.1) is 0 Å². The fraction of sp³-hybridized carbons (Fsp3) is 0.129. The Balaban J connectivity index is 1.38. The van der Waals surface area contributed by atoms with Gasteiger partial charge in [0.2, 0.25) is 5.91 Å². The quantitative estimate of drug-likeness (QED) is 0.230. The number of fused-ring (bicyclic) bond motifs is 2. The van der Waals surface area contributed by atoms with E-state index in [0.29, 0.717) is 11.4 Å². The van der Waals surface area contributed by atoms with Gasteiger partial charge in [0.25, 0.3) is 0 Å². The first-order valence-corrected chi connectivity index (χ1v) is 12.7. The van der Waals surface area contributed by atoms with Gasteiger partial charge < -0.3 is 19.9 Å². The lowest BCUT2D eigenvalue weighted by molar-refractivity contribution is -0.116. The number of methoxy groups -OCH3 is 1. The fourth-order valence-corrected chi connectivity index (χ4v) is 4.92. The number of rotatable bonds is 7. The number of anilines is 1. The molecule has 3 heterocycles. The number of nitrogens with one attached hydrogen (secondary N) is 3. The summed E-state index contributed by atoms with van der Waals surface area (Å²) in [7, 11) is 5.22. The highest BCUT2D eigenvalue weighted by Crippen LogP contribution is 2.36. The lowest BCUT2D eigenvalue weighted by Crippen LogP contribution is -2.27. The van der Waals surface area contributed by atoms with Crippen molar-refractivity contribution in [1.82, 2.24) is 25.1 Å². The number of pyridine rings is 1. The summed E-state index contributed by atoms with van der Waals surface area (Å²) >= 11 is 0. The number of nitrogens with zero attached hydrogens (tertiary/aromatic N) is 3. The van der Waals surface area contributed by atoms with E-state index in [-0.39, 0.29) is 18.3 Å². The Morgan fingerprint density at radius 1 is 0.950 bits per heavy atom. The van der Waals surface area contributed by atoms with E-state index >= 15 is 0 Å². The number of amides is 1. The molecule has 1 amide bonds. The van der Waals surface area contributed by atoms with Gasteiger partial charge in [-0.2, -0.15) is 5.10 Å². The van der Waals surface area contributed by atoms with Gasteiger partial charge in [0.15, 0.2) is 0 Å². The third-order valence-electron chi connectivity index (χ3n) is 6.72. The first-order valence-electron chi connectivity index (χ1n) is 12.7. The van der Waals surface area contributed by atoms with Gasteiger partial charge in [-0.25, -0.2) is 4.39 Å². The fourth-order valence-electron chi connectivity index (χ4n) is 4.92. The molecule has 3 aromatic heterocycles. The van der Waals surface area contributed by atoms with Crippen LogP contribution in [0, 0.1) is 5.82 Å². The number of carbonyl (C=O) groups is 1. The molecule has 9 heteroatoms. The molecule has 6 aromatic rings. The minimum atomic E-state index is -0.358. The summed E-state index contributed by atoms with van der Waals surface area (Å²) in [5, 5.41) is 12.5. The van der Waals surface area contributed by atoms with Crippen molar-refractivity contribution in [2.75, 3.05) is 33.1 Å². The highest BCUT2D eigenvalue weighted by molar-refractivity contribution is 6.02. The van der Waals surface area contributed by atoms with Gasteiger partial charge in [-0.1, -0.05) is 18.2 Å². The number of H-pyrrole nitrogens is 2. The number of carbonyl (C=O) groups excluding carboxylic acids is 1. The van der Waals surface area contributed by atoms with Crippen LogP contribution in [0.25, 0.3) is 55.4 Å². The molecule has 3 aromatic carbocycles. The summed E-state index contributed by atoms with van der Waals surface area (Å²) in [6, 6.07) is 20.6. The van der Waals surface area contributed by atoms with Crippen LogP contribution >= 0.6 is 0 Å². The van der Waals surface area contributed by atoms with E-state index in [1.54, 1.807) is 12.4 Å². The molecule has 0 saturated heterocycles. The van der Waals surface area contributed by atoms with Crippen LogP contribution in [0.3, 0.4) is 0 Å². The highest BCUT2D eigenvalue weighted by Gasteiger charge is 2.15. The van der Waals surface area contributed by atoms with Gasteiger partial charge >= 0.3 is 0 Å². The molecule has 200 valence electrons. The topological polar surface area (TPSA) is 98.9 Å². The van der Waals surface area contributed by atoms with E-state index in [0.717, 1.165) is 55.4 Å². The Labute approximate surface area is 229 Å². The summed E-state index contributed by atoms with van der Waals surface area (Å²) in [6.45, 7) is 0.285. The molecule has 0 aliphatic carbocycles. The van der Waals surface area contributed by atoms with Crippen LogP contribution in [0.4, 0.5) is 10.1 Å². The molecule has 8 nitrogen and oxygen atoms in total. The molecule has 0 aliphatic rings. The van der Waals surface area contributed by atoms with E-state index in [4.69, 9.17) is 4.74 Å². The molecular weight excluding hydrogens is 507 g/mol. The molecule has 0 aliphatic heterocycles. The molecule has 0 saturated carbocycles. The molecule has 0 radical (unpaired) electrons. The first kappa shape index (κ1) is 25.3. The molecule has 3 N–H and O–H groups in total. The maximum atomic E-state index is 14.3. The average Bonchev–Trinajstić information content (AvgIpc) is 3.56. The van der Waals surface area contributed by atoms with Gasteiger partial charge in [-0.05, 0) is 73.3 Å². The van der Waals surface area contributed by atoms with Crippen molar-refractivity contribution in [2.24, 2.45) is 0 Å². The van der Waals surface area contributed by atoms with Crippen LogP contribution in [-0.2, 0) is 4.79 Å². The number of hydrogen-bond donors (Lipinski definition) is 3. The normalized spacial score (nSPS) is 11.4. The zero-order valence-electron chi connectivity index (χ0n) is 22.2. The molecule has 6 rings (SSSR count). The van der Waals surface area contributed by atoms with Crippen LogP contribution in [0.5, 0.6) is 5.75 Å². The Bertz CT molecular complexity index is 1870. The predicted octanol–water partition coefficient (Wildman–Crippen LogP) is 6.09. The Hall–Kier alpha value is -5.02. The molecule has 0 unspecified atom stereocenters. The second-order valence-corrected chi connectivity index (χ2v) is 9.91. The maximum absolute atomic E-state index is 14.3. The van der Waals surface area contributed by atoms with Gasteiger partial charge in [-0.3, -0.25) is 14.9 Å². The summed E-state index contributed by atoms with van der Waals surface area (Å²) in [4.78, 5) is 21.8. The van der Waals surface area contributed by atoms with Gasteiger partial charge in [0.1, 0.15) is 17.3 Å². The second kappa shape index (κ2) is 10.3. The number of likely N-dealkylation sites (N-methyl/N-ethyl adjacent to an activating group) is 1. The van der Waals surface area contributed by atoms with Crippen LogP contribution < -0.4 is 10.1 Å². The van der Waals surface area contributed by atoms with Crippen molar-refractivity contribution in [1.29, 1.82) is 0 Å². The Kier molecular flexibility index (Phi) is 6.49. The number of ether oxygens (including phenoxy) is 1. The van der Waals surface area contributed by atoms with Crippen molar-refractivity contribution < 1.29 is 13.9 Å². The van der Waals surface area contributed by atoms with Crippen molar-refractivity contribution >= 4 is 33.4 Å². The number of aromatic amines is 2. The van der Waals surface area contributed by atoms with E-state index in [2.05, 4.69) is 31.5 Å². The largest absolute Gasteiger partial charge is 0.497 e. The van der Waals surface area contributed by atoms with E-state index in [1.165, 1.54) is 19.2 Å². The summed E-state index contributed by atoms with van der Waals surface area (Å²) < 4.78 is 19.6. The number of hydrogen-bond acceptors (Lipinski definition) is 5. The lowest BCUT2D eigenvalue weighted by Gasteiger charge is -2.11. The monoisotopic (exact) mass is 534 g/mol. The third kappa shape index (κ3) is 4.90. The predicted molar refractivity (Wildman–Crippen MR) is 156 cm³/mol. The average molecular weight is 535 g/mol. The minimum Gasteiger partial charge on any atom is -0.497 e. The van der Waals surface area contributed by atoms with E-state index in [9.17, 15) is 9.18 Å². The SMILES string of the molecule is COc1cc(F)cc(-c2cccc3[nH]c(-c4n[nH]c5ccc(-c6cncc(NC(=O)CN(C)C)c6)cc45)cc23)c1. The van der Waals surface area contributed by atoms with Gasteiger partial charge in [0.05, 0.1) is 36.7 Å². The summed E-state index contributed by atoms with van der Waals surface area (Å²) in [5.41, 5.74) is 7.45. The molecule has 0 fully saturated rings. The lowest BCUT2D eigenvalue weighted by atomic mass is 10.0. The standard InChI is InChI=1S/C31H27FN6O2/c1-38(2)17-30(39)34-22-10-20(15-33-16-22)18-7-8-28-26(12-18)31(37-36-28)29-14-25-24(5-4-6-27(25)35-29)19-9-21(32)13-23(11-19)40-3/h4-16,35H,17H2,1-3H3,(H,34,39)(H,36,37).